The molecule has 116 valence electrons. The Kier molecular flexibility index (Phi) is 3.63. The summed E-state index contributed by atoms with van der Waals surface area (Å²) in [7, 11) is 0. The molecular formula is C12H13N5O5. The number of nitrogens with zero attached hydrogens (tertiary/aromatic N) is 5. The van der Waals surface area contributed by atoms with E-state index in [0.29, 0.717) is 5.89 Å². The van der Waals surface area contributed by atoms with E-state index in [2.05, 4.69) is 15.1 Å². The Morgan fingerprint density at radius 2 is 2.18 bits per heavy atom. The Balaban J connectivity index is 1.99. The van der Waals surface area contributed by atoms with Crippen LogP contribution in [0.1, 0.15) is 17.8 Å². The minimum Gasteiger partial charge on any atom is -0.394 e. The van der Waals surface area contributed by atoms with Gasteiger partial charge in [-0.05, 0) is 0 Å². The van der Waals surface area contributed by atoms with Gasteiger partial charge >= 0.3 is 0 Å². The van der Waals surface area contributed by atoms with Gasteiger partial charge in [-0.25, -0.2) is 4.98 Å². The summed E-state index contributed by atoms with van der Waals surface area (Å²) in [5.41, 5.74) is 0.229. The minimum atomic E-state index is -1.31. The first-order chi connectivity index (χ1) is 10.6. The van der Waals surface area contributed by atoms with Gasteiger partial charge in [-0.2, -0.15) is 10.2 Å². The van der Waals surface area contributed by atoms with Crippen molar-refractivity contribution >= 4 is 0 Å². The highest BCUT2D eigenvalue weighted by atomic mass is 16.6. The Hall–Kier alpha value is -2.32. The van der Waals surface area contributed by atoms with Gasteiger partial charge in [0.05, 0.1) is 12.9 Å². The Labute approximate surface area is 124 Å². The van der Waals surface area contributed by atoms with Crippen molar-refractivity contribution in [1.82, 2.24) is 19.7 Å². The maximum absolute atomic E-state index is 10.0. The number of aromatic nitrogens is 4. The highest BCUT2D eigenvalue weighted by Gasteiger charge is 2.44. The minimum absolute atomic E-state index is 0.0515. The molecule has 1 saturated heterocycles. The number of hydrogen-bond acceptors (Lipinski definition) is 9. The third-order valence-corrected chi connectivity index (χ3v) is 3.43. The summed E-state index contributed by atoms with van der Waals surface area (Å²) in [5, 5.41) is 42.0. The van der Waals surface area contributed by atoms with Crippen LogP contribution in [-0.4, -0.2) is 59.9 Å². The topological polar surface area (TPSA) is 150 Å². The molecule has 10 nitrogen and oxygen atoms in total. The van der Waals surface area contributed by atoms with Crippen molar-refractivity contribution in [2.75, 3.05) is 6.61 Å². The van der Waals surface area contributed by atoms with Crippen LogP contribution in [0.15, 0.2) is 10.9 Å². The third kappa shape index (κ3) is 2.16. The number of hydrogen-bond donors (Lipinski definition) is 3. The van der Waals surface area contributed by atoms with E-state index in [0.717, 1.165) is 0 Å². The molecule has 0 unspecified atom stereocenters. The second-order valence-electron chi connectivity index (χ2n) is 4.83. The lowest BCUT2D eigenvalue weighted by atomic mass is 10.1. The predicted molar refractivity (Wildman–Crippen MR) is 68.0 cm³/mol. The number of aliphatic hydroxyl groups excluding tert-OH is 3. The molecule has 1 fully saturated rings. The summed E-state index contributed by atoms with van der Waals surface area (Å²) in [6, 6.07) is 1.94. The maximum atomic E-state index is 10.0. The SMILES string of the molecule is Cc1nc(-c2ncn([C@@H]3O[C@H](CO)[C@@H](O)[C@H]3O)c2C#N)no1. The number of aliphatic hydroxyl groups is 3. The van der Waals surface area contributed by atoms with Crippen LogP contribution in [0, 0.1) is 18.3 Å². The molecule has 1 aliphatic rings. The average Bonchev–Trinajstić information content (AvgIpc) is 3.18. The van der Waals surface area contributed by atoms with Crippen LogP contribution in [0.25, 0.3) is 11.5 Å². The number of imidazole rings is 1. The molecule has 10 heteroatoms. The van der Waals surface area contributed by atoms with E-state index in [1.54, 1.807) is 6.92 Å². The summed E-state index contributed by atoms with van der Waals surface area (Å²) < 4.78 is 11.5. The van der Waals surface area contributed by atoms with Gasteiger partial charge in [-0.1, -0.05) is 5.16 Å². The van der Waals surface area contributed by atoms with E-state index < -0.39 is 31.1 Å². The number of aryl methyl sites for hydroxylation is 1. The first-order valence-electron chi connectivity index (χ1n) is 6.47. The van der Waals surface area contributed by atoms with Gasteiger partial charge in [0, 0.05) is 6.92 Å². The monoisotopic (exact) mass is 307 g/mol. The fourth-order valence-corrected chi connectivity index (χ4v) is 2.33. The second-order valence-corrected chi connectivity index (χ2v) is 4.83. The van der Waals surface area contributed by atoms with Crippen molar-refractivity contribution in [3.05, 3.63) is 17.9 Å². The third-order valence-electron chi connectivity index (χ3n) is 3.43. The molecule has 0 aliphatic carbocycles. The van der Waals surface area contributed by atoms with E-state index >= 15 is 0 Å². The summed E-state index contributed by atoms with van der Waals surface area (Å²) in [6.07, 6.45) is -3.28. The summed E-state index contributed by atoms with van der Waals surface area (Å²) >= 11 is 0. The largest absolute Gasteiger partial charge is 0.394 e. The first kappa shape index (κ1) is 14.6. The molecule has 0 bridgehead atoms. The molecule has 3 rings (SSSR count). The predicted octanol–water partition coefficient (Wildman–Crippen LogP) is -1.28. The Morgan fingerprint density at radius 1 is 1.41 bits per heavy atom. The first-order valence-corrected chi connectivity index (χ1v) is 6.47. The van der Waals surface area contributed by atoms with E-state index in [-0.39, 0.29) is 17.2 Å². The van der Waals surface area contributed by atoms with Gasteiger partial charge in [0.1, 0.15) is 30.1 Å². The van der Waals surface area contributed by atoms with Crippen molar-refractivity contribution in [2.45, 2.75) is 31.5 Å². The molecule has 0 amide bonds. The summed E-state index contributed by atoms with van der Waals surface area (Å²) in [6.45, 7) is 1.15. The number of ether oxygens (including phenoxy) is 1. The van der Waals surface area contributed by atoms with Gasteiger partial charge in [0.2, 0.25) is 11.7 Å². The zero-order valence-electron chi connectivity index (χ0n) is 11.5. The van der Waals surface area contributed by atoms with Gasteiger partial charge in [0.25, 0.3) is 0 Å². The van der Waals surface area contributed by atoms with Crippen LogP contribution in [0.4, 0.5) is 0 Å². The molecule has 0 radical (unpaired) electrons. The van der Waals surface area contributed by atoms with Crippen LogP contribution in [0.5, 0.6) is 0 Å². The van der Waals surface area contributed by atoms with Crippen LogP contribution in [0.3, 0.4) is 0 Å². The summed E-state index contributed by atoms with van der Waals surface area (Å²) in [4.78, 5) is 8.04. The van der Waals surface area contributed by atoms with Gasteiger partial charge < -0.3 is 24.6 Å². The molecule has 2 aromatic heterocycles. The lowest BCUT2D eigenvalue weighted by molar-refractivity contribution is -0.0531. The van der Waals surface area contributed by atoms with Crippen LogP contribution in [-0.2, 0) is 4.74 Å². The molecule has 0 saturated carbocycles. The fraction of sp³-hybridized carbons (Fsp3) is 0.500. The molecule has 0 aromatic carbocycles. The van der Waals surface area contributed by atoms with Crippen molar-refractivity contribution in [1.29, 1.82) is 5.26 Å². The highest BCUT2D eigenvalue weighted by Crippen LogP contribution is 2.32. The average molecular weight is 307 g/mol. The van der Waals surface area contributed by atoms with E-state index in [9.17, 15) is 15.5 Å². The number of rotatable bonds is 3. The van der Waals surface area contributed by atoms with Crippen molar-refractivity contribution in [3.63, 3.8) is 0 Å². The normalized spacial score (nSPS) is 28.0. The molecule has 1 aliphatic heterocycles. The maximum Gasteiger partial charge on any atom is 0.224 e. The van der Waals surface area contributed by atoms with Crippen molar-refractivity contribution in [3.8, 4) is 17.6 Å². The lowest BCUT2D eigenvalue weighted by Gasteiger charge is -2.16. The molecule has 4 atom stereocenters. The Bertz CT molecular complexity index is 720. The quantitative estimate of drug-likeness (QED) is 0.630. The van der Waals surface area contributed by atoms with E-state index in [1.165, 1.54) is 10.9 Å². The standard InChI is InChI=1S/C12H13N5O5/c1-5-15-11(16-22-5)8-6(2-13)17(4-14-8)12-10(20)9(19)7(3-18)21-12/h4,7,9-10,12,18-20H,3H2,1H3/t7-,9-,10-,12-/m1/s1. The Morgan fingerprint density at radius 3 is 2.73 bits per heavy atom. The fourth-order valence-electron chi connectivity index (χ4n) is 2.33. The van der Waals surface area contributed by atoms with Gasteiger partial charge in [0.15, 0.2) is 11.9 Å². The van der Waals surface area contributed by atoms with Crippen LogP contribution in [0.2, 0.25) is 0 Å². The second kappa shape index (κ2) is 5.47. The van der Waals surface area contributed by atoms with Crippen LogP contribution >= 0.6 is 0 Å². The highest BCUT2D eigenvalue weighted by molar-refractivity contribution is 5.57. The number of nitriles is 1. The van der Waals surface area contributed by atoms with E-state index in [1.807, 2.05) is 6.07 Å². The molecule has 2 aromatic rings. The van der Waals surface area contributed by atoms with Crippen LogP contribution < -0.4 is 0 Å². The van der Waals surface area contributed by atoms with Crippen molar-refractivity contribution < 1.29 is 24.6 Å². The molecule has 22 heavy (non-hydrogen) atoms. The van der Waals surface area contributed by atoms with Gasteiger partial charge in [-0.3, -0.25) is 4.57 Å². The molecule has 0 spiro atoms. The zero-order valence-corrected chi connectivity index (χ0v) is 11.5. The van der Waals surface area contributed by atoms with E-state index in [4.69, 9.17) is 14.4 Å². The van der Waals surface area contributed by atoms with Crippen molar-refractivity contribution in [2.24, 2.45) is 0 Å². The molecule has 3 heterocycles. The summed E-state index contributed by atoms with van der Waals surface area (Å²) in [5.74, 6) is 0.459. The smallest absolute Gasteiger partial charge is 0.224 e. The molecular weight excluding hydrogens is 294 g/mol. The molecule has 3 N–H and O–H groups in total. The lowest BCUT2D eigenvalue weighted by Crippen LogP contribution is -2.33. The van der Waals surface area contributed by atoms with Gasteiger partial charge in [-0.15, -0.1) is 0 Å². The zero-order chi connectivity index (χ0) is 15.9.